The van der Waals surface area contributed by atoms with E-state index >= 15 is 0 Å². The number of nitrogens with zero attached hydrogens (tertiary/aromatic N) is 1. The first-order chi connectivity index (χ1) is 8.24. The molecular formula is C13H19ClN2S. The molecular weight excluding hydrogens is 252 g/mol. The van der Waals surface area contributed by atoms with E-state index in [1.54, 1.807) is 6.20 Å². The zero-order chi connectivity index (χ0) is 12.1. The molecule has 0 spiro atoms. The summed E-state index contributed by atoms with van der Waals surface area (Å²) < 4.78 is 0.402. The number of halogens is 1. The number of hydrogen-bond acceptors (Lipinski definition) is 3. The van der Waals surface area contributed by atoms with E-state index in [2.05, 4.69) is 16.6 Å². The van der Waals surface area contributed by atoms with Crippen LogP contribution in [0.25, 0.3) is 0 Å². The van der Waals surface area contributed by atoms with Gasteiger partial charge in [0.25, 0.3) is 0 Å². The van der Waals surface area contributed by atoms with Crippen LogP contribution in [0.5, 0.6) is 0 Å². The summed E-state index contributed by atoms with van der Waals surface area (Å²) in [6.45, 7) is 1.00. The second kappa shape index (κ2) is 5.96. The topological polar surface area (TPSA) is 24.9 Å². The second-order valence-electron chi connectivity index (χ2n) is 4.66. The summed E-state index contributed by atoms with van der Waals surface area (Å²) in [5.41, 5.74) is 0. The molecule has 0 bridgehead atoms. The Kier molecular flexibility index (Phi) is 4.57. The Labute approximate surface area is 113 Å². The van der Waals surface area contributed by atoms with Crippen LogP contribution in [0.4, 0.5) is 5.82 Å². The Balaban J connectivity index is 1.93. The number of anilines is 1. The molecule has 1 aliphatic rings. The summed E-state index contributed by atoms with van der Waals surface area (Å²) >= 11 is 7.82. The molecule has 1 aromatic rings. The van der Waals surface area contributed by atoms with Crippen molar-refractivity contribution in [3.63, 3.8) is 0 Å². The quantitative estimate of drug-likeness (QED) is 0.887. The first-order valence-electron chi connectivity index (χ1n) is 6.15. The molecule has 2 rings (SSSR count). The van der Waals surface area contributed by atoms with Crippen molar-refractivity contribution in [2.75, 3.05) is 18.1 Å². The Hall–Kier alpha value is -0.410. The molecule has 0 unspecified atom stereocenters. The molecule has 0 atom stereocenters. The van der Waals surface area contributed by atoms with Crippen LogP contribution >= 0.6 is 23.4 Å². The maximum atomic E-state index is 5.82. The van der Waals surface area contributed by atoms with E-state index in [4.69, 9.17) is 11.6 Å². The highest BCUT2D eigenvalue weighted by Crippen LogP contribution is 2.38. The Morgan fingerprint density at radius 3 is 2.71 bits per heavy atom. The van der Waals surface area contributed by atoms with Crippen molar-refractivity contribution < 1.29 is 0 Å². The van der Waals surface area contributed by atoms with E-state index < -0.39 is 0 Å². The van der Waals surface area contributed by atoms with E-state index in [-0.39, 0.29) is 0 Å². The van der Waals surface area contributed by atoms with Gasteiger partial charge in [-0.2, -0.15) is 11.8 Å². The molecule has 1 N–H and O–H groups in total. The van der Waals surface area contributed by atoms with Crippen molar-refractivity contribution in [2.24, 2.45) is 0 Å². The normalized spacial score (nSPS) is 18.9. The third kappa shape index (κ3) is 3.52. The molecule has 1 aliphatic carbocycles. The fourth-order valence-corrected chi connectivity index (χ4v) is 3.41. The summed E-state index contributed by atoms with van der Waals surface area (Å²) in [6.07, 6.45) is 10.6. The van der Waals surface area contributed by atoms with Gasteiger partial charge in [-0.1, -0.05) is 30.9 Å². The Bertz CT molecular complexity index is 347. The van der Waals surface area contributed by atoms with Crippen LogP contribution in [0.2, 0.25) is 5.02 Å². The predicted molar refractivity (Wildman–Crippen MR) is 77.1 cm³/mol. The van der Waals surface area contributed by atoms with Crippen molar-refractivity contribution in [1.82, 2.24) is 4.98 Å². The Morgan fingerprint density at radius 2 is 2.12 bits per heavy atom. The van der Waals surface area contributed by atoms with Crippen molar-refractivity contribution in [3.05, 3.63) is 23.4 Å². The summed E-state index contributed by atoms with van der Waals surface area (Å²) in [4.78, 5) is 4.28. The van der Waals surface area contributed by atoms with Crippen molar-refractivity contribution in [3.8, 4) is 0 Å². The molecule has 2 nitrogen and oxygen atoms in total. The van der Waals surface area contributed by atoms with Gasteiger partial charge in [0.15, 0.2) is 0 Å². The van der Waals surface area contributed by atoms with Gasteiger partial charge in [-0.3, -0.25) is 0 Å². The third-order valence-corrected chi connectivity index (χ3v) is 5.16. The SMILES string of the molecule is CSC1(CNc2ccc(Cl)cn2)CCCCC1. The van der Waals surface area contributed by atoms with Crippen molar-refractivity contribution in [2.45, 2.75) is 36.9 Å². The lowest BCUT2D eigenvalue weighted by Gasteiger charge is -2.36. The molecule has 17 heavy (non-hydrogen) atoms. The number of hydrogen-bond donors (Lipinski definition) is 1. The predicted octanol–water partition coefficient (Wildman–Crippen LogP) is 4.21. The van der Waals surface area contributed by atoms with E-state index in [1.807, 2.05) is 23.9 Å². The molecule has 0 radical (unpaired) electrons. The smallest absolute Gasteiger partial charge is 0.126 e. The average molecular weight is 271 g/mol. The fraction of sp³-hybridized carbons (Fsp3) is 0.615. The van der Waals surface area contributed by atoms with Gasteiger partial charge >= 0.3 is 0 Å². The van der Waals surface area contributed by atoms with E-state index in [0.717, 1.165) is 12.4 Å². The van der Waals surface area contributed by atoms with Gasteiger partial charge in [0.1, 0.15) is 5.82 Å². The van der Waals surface area contributed by atoms with Crippen LogP contribution in [0, 0.1) is 0 Å². The van der Waals surface area contributed by atoms with Crippen molar-refractivity contribution in [1.29, 1.82) is 0 Å². The molecule has 0 saturated heterocycles. The molecule has 1 fully saturated rings. The van der Waals surface area contributed by atoms with Crippen LogP contribution in [-0.4, -0.2) is 22.5 Å². The lowest BCUT2D eigenvalue weighted by atomic mass is 9.88. The summed E-state index contributed by atoms with van der Waals surface area (Å²) in [6, 6.07) is 3.82. The molecule has 1 aromatic heterocycles. The lowest BCUT2D eigenvalue weighted by molar-refractivity contribution is 0.411. The standard InChI is InChI=1S/C13H19ClN2S/c1-17-13(7-3-2-4-8-13)10-16-12-6-5-11(14)9-15-12/h5-6,9H,2-4,7-8,10H2,1H3,(H,15,16). The zero-order valence-corrected chi connectivity index (χ0v) is 11.8. The van der Waals surface area contributed by atoms with E-state index in [9.17, 15) is 0 Å². The lowest BCUT2D eigenvalue weighted by Crippen LogP contribution is -2.35. The number of pyridine rings is 1. The first kappa shape index (κ1) is 13.0. The van der Waals surface area contributed by atoms with Crippen LogP contribution in [0.1, 0.15) is 32.1 Å². The van der Waals surface area contributed by atoms with Crippen LogP contribution in [0.3, 0.4) is 0 Å². The summed E-state index contributed by atoms with van der Waals surface area (Å²) in [5, 5.41) is 4.13. The highest BCUT2D eigenvalue weighted by Gasteiger charge is 2.30. The maximum absolute atomic E-state index is 5.82. The number of rotatable bonds is 4. The van der Waals surface area contributed by atoms with Crippen LogP contribution in [-0.2, 0) is 0 Å². The minimum Gasteiger partial charge on any atom is -0.369 e. The maximum Gasteiger partial charge on any atom is 0.126 e. The van der Waals surface area contributed by atoms with Crippen molar-refractivity contribution >= 4 is 29.2 Å². The van der Waals surface area contributed by atoms with Gasteiger partial charge in [0, 0.05) is 17.5 Å². The molecule has 0 amide bonds. The minimum absolute atomic E-state index is 0.402. The van der Waals surface area contributed by atoms with Gasteiger partial charge in [-0.25, -0.2) is 4.98 Å². The van der Waals surface area contributed by atoms with Gasteiger partial charge < -0.3 is 5.32 Å². The van der Waals surface area contributed by atoms with Gasteiger partial charge in [0.2, 0.25) is 0 Å². The Morgan fingerprint density at radius 1 is 1.35 bits per heavy atom. The van der Waals surface area contributed by atoms with Crippen LogP contribution in [0.15, 0.2) is 18.3 Å². The fourth-order valence-electron chi connectivity index (χ4n) is 2.38. The highest BCUT2D eigenvalue weighted by atomic mass is 35.5. The molecule has 94 valence electrons. The number of aromatic nitrogens is 1. The number of thioether (sulfide) groups is 1. The minimum atomic E-state index is 0.402. The third-order valence-electron chi connectivity index (χ3n) is 3.52. The summed E-state index contributed by atoms with van der Waals surface area (Å²) in [5.74, 6) is 0.924. The van der Waals surface area contributed by atoms with Gasteiger partial charge in [-0.15, -0.1) is 0 Å². The largest absolute Gasteiger partial charge is 0.369 e. The monoisotopic (exact) mass is 270 g/mol. The number of nitrogens with one attached hydrogen (secondary N) is 1. The molecule has 1 heterocycles. The first-order valence-corrected chi connectivity index (χ1v) is 7.75. The zero-order valence-electron chi connectivity index (χ0n) is 10.2. The molecule has 0 aliphatic heterocycles. The van der Waals surface area contributed by atoms with Crippen LogP contribution < -0.4 is 5.32 Å². The molecule has 4 heteroatoms. The van der Waals surface area contributed by atoms with Gasteiger partial charge in [0.05, 0.1) is 5.02 Å². The molecule has 0 aromatic carbocycles. The van der Waals surface area contributed by atoms with E-state index in [0.29, 0.717) is 9.77 Å². The van der Waals surface area contributed by atoms with Gasteiger partial charge in [-0.05, 0) is 31.2 Å². The highest BCUT2D eigenvalue weighted by molar-refractivity contribution is 8.00. The summed E-state index contributed by atoms with van der Waals surface area (Å²) in [7, 11) is 0. The second-order valence-corrected chi connectivity index (χ2v) is 6.37. The van der Waals surface area contributed by atoms with E-state index in [1.165, 1.54) is 32.1 Å². The average Bonchev–Trinajstić information content (AvgIpc) is 2.39. The molecule has 1 saturated carbocycles.